The highest BCUT2D eigenvalue weighted by Crippen LogP contribution is 2.24. The minimum absolute atomic E-state index is 0.163. The van der Waals surface area contributed by atoms with Crippen LogP contribution in [0.2, 0.25) is 0 Å². The number of carboxylic acids is 1. The van der Waals surface area contributed by atoms with Crippen molar-refractivity contribution in [2.24, 2.45) is 0 Å². The Labute approximate surface area is 180 Å². The van der Waals surface area contributed by atoms with E-state index in [1.165, 1.54) is 6.08 Å². The molecule has 0 aliphatic carbocycles. The lowest BCUT2D eigenvalue weighted by Crippen LogP contribution is -2.37. The molecule has 0 aliphatic heterocycles. The van der Waals surface area contributed by atoms with Crippen LogP contribution in [-0.2, 0) is 9.59 Å². The Bertz CT molecular complexity index is 1030. The Morgan fingerprint density at radius 3 is 2.03 bits per heavy atom. The zero-order valence-corrected chi connectivity index (χ0v) is 16.8. The van der Waals surface area contributed by atoms with Gasteiger partial charge in [-0.05, 0) is 47.1 Å². The van der Waals surface area contributed by atoms with E-state index in [4.69, 9.17) is 17.3 Å². The molecule has 150 valence electrons. The van der Waals surface area contributed by atoms with Crippen LogP contribution in [0.1, 0.15) is 22.6 Å². The summed E-state index contributed by atoms with van der Waals surface area (Å²) in [5.41, 5.74) is 3.07. The molecule has 3 aromatic rings. The first-order chi connectivity index (χ1) is 14.5. The Morgan fingerprint density at radius 2 is 1.47 bits per heavy atom. The fourth-order valence-corrected chi connectivity index (χ4v) is 3.24. The third-order valence-electron chi connectivity index (χ3n) is 4.33. The van der Waals surface area contributed by atoms with E-state index in [0.717, 1.165) is 17.2 Å². The number of carbonyl (C=O) groups is 2. The number of amides is 1. The highest BCUT2D eigenvalue weighted by Gasteiger charge is 2.23. The maximum Gasteiger partial charge on any atom is 0.328 e. The van der Waals surface area contributed by atoms with Gasteiger partial charge in [-0.2, -0.15) is 0 Å². The van der Waals surface area contributed by atoms with E-state index < -0.39 is 11.9 Å². The van der Waals surface area contributed by atoms with Crippen molar-refractivity contribution in [3.8, 4) is 0 Å². The van der Waals surface area contributed by atoms with Gasteiger partial charge in [0.1, 0.15) is 0 Å². The number of nitrogens with one attached hydrogen (secondary N) is 2. The molecule has 0 aromatic heterocycles. The number of thiocarbonyl (C=S) groups is 1. The third-order valence-corrected chi connectivity index (χ3v) is 4.53. The first-order valence-electron chi connectivity index (χ1n) is 9.26. The molecule has 6 heteroatoms. The number of rotatable bonds is 6. The van der Waals surface area contributed by atoms with Crippen LogP contribution in [0.25, 0.3) is 6.08 Å². The van der Waals surface area contributed by atoms with Gasteiger partial charge in [0.05, 0.1) is 5.92 Å². The molecular formula is C24H20N2O3S. The summed E-state index contributed by atoms with van der Waals surface area (Å²) in [5.74, 6) is -1.77. The fourth-order valence-electron chi connectivity index (χ4n) is 3.02. The molecule has 0 atom stereocenters. The van der Waals surface area contributed by atoms with Crippen LogP contribution in [0.15, 0.2) is 91.0 Å². The van der Waals surface area contributed by atoms with Crippen molar-refractivity contribution in [3.05, 3.63) is 108 Å². The molecule has 5 nitrogen and oxygen atoms in total. The van der Waals surface area contributed by atoms with Gasteiger partial charge < -0.3 is 15.7 Å². The summed E-state index contributed by atoms with van der Waals surface area (Å²) in [7, 11) is 0. The average Bonchev–Trinajstić information content (AvgIpc) is 2.74. The number of carboxylic acid groups (broad SMARTS) is 1. The second kappa shape index (κ2) is 10.1. The van der Waals surface area contributed by atoms with Crippen LogP contribution in [0.5, 0.6) is 0 Å². The molecular weight excluding hydrogens is 396 g/mol. The summed E-state index contributed by atoms with van der Waals surface area (Å²) in [4.78, 5) is 23.8. The van der Waals surface area contributed by atoms with Crippen LogP contribution in [0.3, 0.4) is 0 Å². The largest absolute Gasteiger partial charge is 0.478 e. The number of anilines is 1. The van der Waals surface area contributed by atoms with Crippen LogP contribution in [0, 0.1) is 0 Å². The lowest BCUT2D eigenvalue weighted by molar-refractivity contribution is -0.131. The molecule has 0 fully saturated rings. The molecule has 0 unspecified atom stereocenters. The van der Waals surface area contributed by atoms with Crippen LogP contribution in [0.4, 0.5) is 5.69 Å². The minimum Gasteiger partial charge on any atom is -0.478 e. The number of carbonyl (C=O) groups excluding carboxylic acids is 1. The lowest BCUT2D eigenvalue weighted by Gasteiger charge is -2.18. The molecule has 0 saturated heterocycles. The summed E-state index contributed by atoms with van der Waals surface area (Å²) in [6.45, 7) is 0. The maximum absolute atomic E-state index is 13.1. The lowest BCUT2D eigenvalue weighted by atomic mass is 9.90. The van der Waals surface area contributed by atoms with E-state index in [1.807, 2.05) is 60.7 Å². The van der Waals surface area contributed by atoms with E-state index in [2.05, 4.69) is 10.6 Å². The third kappa shape index (κ3) is 5.86. The summed E-state index contributed by atoms with van der Waals surface area (Å²) < 4.78 is 0. The predicted molar refractivity (Wildman–Crippen MR) is 122 cm³/mol. The van der Waals surface area contributed by atoms with E-state index in [0.29, 0.717) is 11.3 Å². The maximum atomic E-state index is 13.1. The van der Waals surface area contributed by atoms with Crippen molar-refractivity contribution in [2.75, 3.05) is 5.32 Å². The second-order valence-electron chi connectivity index (χ2n) is 6.49. The first-order valence-corrected chi connectivity index (χ1v) is 9.66. The standard InChI is InChI=1S/C24H20N2O3S/c27-21(28)15-14-17-8-7-13-20(16-17)25-24(30)26-23(29)22(18-9-3-1-4-10-18)19-11-5-2-6-12-19/h1-16,22H,(H,27,28)(H2,25,26,29,30)/b15-14+. The van der Waals surface area contributed by atoms with Crippen molar-refractivity contribution in [3.63, 3.8) is 0 Å². The van der Waals surface area contributed by atoms with Crippen molar-refractivity contribution in [1.29, 1.82) is 0 Å². The number of benzene rings is 3. The zero-order valence-electron chi connectivity index (χ0n) is 16.0. The van der Waals surface area contributed by atoms with Gasteiger partial charge in [-0.3, -0.25) is 4.79 Å². The summed E-state index contributed by atoms with van der Waals surface area (Å²) in [6, 6.07) is 26.1. The Hall–Kier alpha value is -3.77. The van der Waals surface area contributed by atoms with Crippen LogP contribution < -0.4 is 10.6 Å². The zero-order chi connectivity index (χ0) is 21.3. The summed E-state index contributed by atoms with van der Waals surface area (Å²) in [5, 5.41) is 14.7. The van der Waals surface area contributed by atoms with Gasteiger partial charge in [0.25, 0.3) is 0 Å². The van der Waals surface area contributed by atoms with Crippen LogP contribution in [-0.4, -0.2) is 22.1 Å². The van der Waals surface area contributed by atoms with Gasteiger partial charge in [0.15, 0.2) is 5.11 Å². The topological polar surface area (TPSA) is 78.4 Å². The number of aliphatic carboxylic acids is 1. The van der Waals surface area contributed by atoms with Gasteiger partial charge >= 0.3 is 5.97 Å². The summed E-state index contributed by atoms with van der Waals surface area (Å²) in [6.07, 6.45) is 2.54. The number of hydrogen-bond acceptors (Lipinski definition) is 3. The van der Waals surface area contributed by atoms with Gasteiger partial charge in [0, 0.05) is 11.8 Å². The van der Waals surface area contributed by atoms with Crippen LogP contribution >= 0.6 is 12.2 Å². The van der Waals surface area contributed by atoms with E-state index in [9.17, 15) is 9.59 Å². The van der Waals surface area contributed by atoms with Gasteiger partial charge in [-0.15, -0.1) is 0 Å². The molecule has 0 radical (unpaired) electrons. The van der Waals surface area contributed by atoms with Crippen molar-refractivity contribution in [2.45, 2.75) is 5.92 Å². The first kappa shape index (κ1) is 21.0. The molecule has 0 aliphatic rings. The van der Waals surface area contributed by atoms with E-state index in [1.54, 1.807) is 24.3 Å². The molecule has 3 rings (SSSR count). The fraction of sp³-hybridized carbons (Fsp3) is 0.0417. The highest BCUT2D eigenvalue weighted by atomic mass is 32.1. The summed E-state index contributed by atoms with van der Waals surface area (Å²) >= 11 is 5.33. The monoisotopic (exact) mass is 416 g/mol. The van der Waals surface area contributed by atoms with Crippen molar-refractivity contribution >= 4 is 41.0 Å². The molecule has 3 aromatic carbocycles. The molecule has 0 saturated carbocycles. The van der Waals surface area contributed by atoms with E-state index in [-0.39, 0.29) is 11.0 Å². The van der Waals surface area contributed by atoms with Gasteiger partial charge in [-0.1, -0.05) is 72.8 Å². The smallest absolute Gasteiger partial charge is 0.328 e. The van der Waals surface area contributed by atoms with Gasteiger partial charge in [0.2, 0.25) is 5.91 Å². The molecule has 0 spiro atoms. The minimum atomic E-state index is -1.02. The molecule has 0 bridgehead atoms. The quantitative estimate of drug-likeness (QED) is 0.409. The van der Waals surface area contributed by atoms with Crippen molar-refractivity contribution in [1.82, 2.24) is 5.32 Å². The molecule has 0 heterocycles. The molecule has 1 amide bonds. The average molecular weight is 417 g/mol. The molecule has 30 heavy (non-hydrogen) atoms. The Morgan fingerprint density at radius 1 is 0.867 bits per heavy atom. The molecule has 3 N–H and O–H groups in total. The normalized spacial score (nSPS) is 10.7. The van der Waals surface area contributed by atoms with Crippen molar-refractivity contribution < 1.29 is 14.7 Å². The Balaban J connectivity index is 1.74. The SMILES string of the molecule is O=C(O)/C=C/c1cccc(NC(=S)NC(=O)C(c2ccccc2)c2ccccc2)c1. The highest BCUT2D eigenvalue weighted by molar-refractivity contribution is 7.80. The van der Waals surface area contributed by atoms with E-state index >= 15 is 0 Å². The number of hydrogen-bond donors (Lipinski definition) is 3. The second-order valence-corrected chi connectivity index (χ2v) is 6.90. The predicted octanol–water partition coefficient (Wildman–Crippen LogP) is 4.43. The van der Waals surface area contributed by atoms with Gasteiger partial charge in [-0.25, -0.2) is 4.79 Å². The Kier molecular flexibility index (Phi) is 7.08.